The van der Waals surface area contributed by atoms with E-state index in [1.54, 1.807) is 0 Å². The molecule has 2 N–H and O–H groups in total. The molecule has 1 aromatic rings. The Morgan fingerprint density at radius 3 is 2.60 bits per heavy atom. The van der Waals surface area contributed by atoms with Crippen LogP contribution in [0.2, 0.25) is 0 Å². The van der Waals surface area contributed by atoms with Gasteiger partial charge in [0.1, 0.15) is 6.07 Å². The molecule has 1 aromatic carbocycles. The molecule has 0 bridgehead atoms. The zero-order valence-corrected chi connectivity index (χ0v) is 12.9. The molecule has 106 valence electrons. The summed E-state index contributed by atoms with van der Waals surface area (Å²) >= 11 is 3.38. The van der Waals surface area contributed by atoms with Crippen molar-refractivity contribution in [3.8, 4) is 6.07 Å². The molecule has 0 saturated carbocycles. The lowest BCUT2D eigenvalue weighted by Crippen LogP contribution is -2.53. The zero-order chi connectivity index (χ0) is 14.7. The monoisotopic (exact) mass is 336 g/mol. The molecule has 1 aliphatic heterocycles. The number of nitrogens with zero attached hydrogens (tertiary/aromatic N) is 3. The van der Waals surface area contributed by atoms with Crippen molar-refractivity contribution < 1.29 is 4.79 Å². The third-order valence-corrected chi connectivity index (χ3v) is 4.19. The van der Waals surface area contributed by atoms with E-state index in [1.165, 1.54) is 0 Å². The lowest BCUT2D eigenvalue weighted by Gasteiger charge is -2.38. The van der Waals surface area contributed by atoms with Crippen molar-refractivity contribution in [3.63, 3.8) is 0 Å². The Bertz CT molecular complexity index is 547. The Kier molecular flexibility index (Phi) is 4.63. The average molecular weight is 337 g/mol. The molecule has 0 spiro atoms. The molecule has 1 aliphatic rings. The first-order valence-electron chi connectivity index (χ1n) is 6.51. The summed E-state index contributed by atoms with van der Waals surface area (Å²) in [7, 11) is 0. The predicted molar refractivity (Wildman–Crippen MR) is 81.3 cm³/mol. The third kappa shape index (κ3) is 3.11. The lowest BCUT2D eigenvalue weighted by atomic mass is 10.1. The Labute approximate surface area is 127 Å². The minimum atomic E-state index is -0.292. The summed E-state index contributed by atoms with van der Waals surface area (Å²) in [5, 5.41) is 9.22. The minimum Gasteiger partial charge on any atom is -0.368 e. The van der Waals surface area contributed by atoms with Crippen LogP contribution in [0.3, 0.4) is 0 Å². The van der Waals surface area contributed by atoms with Crippen LogP contribution in [0.5, 0.6) is 0 Å². The summed E-state index contributed by atoms with van der Waals surface area (Å²) in [5.41, 5.74) is 6.94. The van der Waals surface area contributed by atoms with Crippen molar-refractivity contribution in [2.24, 2.45) is 5.73 Å². The van der Waals surface area contributed by atoms with Gasteiger partial charge >= 0.3 is 0 Å². The molecule has 2 rings (SSSR count). The van der Waals surface area contributed by atoms with Gasteiger partial charge in [0.05, 0.1) is 17.3 Å². The average Bonchev–Trinajstić information content (AvgIpc) is 2.46. The Morgan fingerprint density at radius 1 is 1.40 bits per heavy atom. The number of carbonyl (C=O) groups is 1. The molecule has 1 heterocycles. The van der Waals surface area contributed by atoms with Gasteiger partial charge in [-0.3, -0.25) is 9.69 Å². The van der Waals surface area contributed by atoms with Crippen LogP contribution in [0.15, 0.2) is 22.7 Å². The highest BCUT2D eigenvalue weighted by atomic mass is 79.9. The van der Waals surface area contributed by atoms with Crippen molar-refractivity contribution in [2.45, 2.75) is 13.0 Å². The van der Waals surface area contributed by atoms with Gasteiger partial charge in [0.15, 0.2) is 0 Å². The third-order valence-electron chi connectivity index (χ3n) is 3.69. The number of primary amides is 1. The number of hydrogen-bond donors (Lipinski definition) is 1. The molecular weight excluding hydrogens is 320 g/mol. The highest BCUT2D eigenvalue weighted by Gasteiger charge is 2.25. The van der Waals surface area contributed by atoms with E-state index < -0.39 is 0 Å². The maximum atomic E-state index is 11.2. The molecule has 1 saturated heterocycles. The summed E-state index contributed by atoms with van der Waals surface area (Å²) in [6, 6.07) is 7.71. The smallest absolute Gasteiger partial charge is 0.234 e. The molecule has 1 amide bonds. The fourth-order valence-electron chi connectivity index (χ4n) is 2.40. The van der Waals surface area contributed by atoms with Gasteiger partial charge in [-0.2, -0.15) is 5.26 Å². The van der Waals surface area contributed by atoms with Crippen molar-refractivity contribution in [1.82, 2.24) is 4.90 Å². The van der Waals surface area contributed by atoms with Gasteiger partial charge in [-0.1, -0.05) is 15.9 Å². The second-order valence-corrected chi connectivity index (χ2v) is 5.79. The standard InChI is InChI=1S/C14H17BrN4O/c1-10(14(17)20)18-4-6-19(7-5-18)13-3-2-12(15)8-11(13)9-16/h2-3,8,10H,4-7H2,1H3,(H2,17,20)/t10-/m1/s1. The fourth-order valence-corrected chi connectivity index (χ4v) is 2.76. The molecule has 5 nitrogen and oxygen atoms in total. The number of rotatable bonds is 3. The Balaban J connectivity index is 2.08. The first-order chi connectivity index (χ1) is 9.52. The summed E-state index contributed by atoms with van der Waals surface area (Å²) < 4.78 is 0.902. The highest BCUT2D eigenvalue weighted by molar-refractivity contribution is 9.10. The molecular formula is C14H17BrN4O. The van der Waals surface area contributed by atoms with Gasteiger partial charge in [0.2, 0.25) is 5.91 Å². The van der Waals surface area contributed by atoms with E-state index in [4.69, 9.17) is 5.73 Å². The SMILES string of the molecule is C[C@H](C(N)=O)N1CCN(c2ccc(Br)cc2C#N)CC1. The molecule has 0 aromatic heterocycles. The van der Waals surface area contributed by atoms with Crippen LogP contribution in [-0.2, 0) is 4.79 Å². The largest absolute Gasteiger partial charge is 0.368 e. The van der Waals surface area contributed by atoms with Gasteiger partial charge in [-0.15, -0.1) is 0 Å². The molecule has 0 unspecified atom stereocenters. The van der Waals surface area contributed by atoms with E-state index in [0.717, 1.165) is 36.3 Å². The maximum absolute atomic E-state index is 11.2. The zero-order valence-electron chi connectivity index (χ0n) is 11.3. The normalized spacial score (nSPS) is 17.6. The topological polar surface area (TPSA) is 73.4 Å². The highest BCUT2D eigenvalue weighted by Crippen LogP contribution is 2.25. The first-order valence-corrected chi connectivity index (χ1v) is 7.30. The minimum absolute atomic E-state index is 0.238. The predicted octanol–water partition coefficient (Wildman–Crippen LogP) is 1.32. The van der Waals surface area contributed by atoms with Crippen LogP contribution in [-0.4, -0.2) is 43.0 Å². The van der Waals surface area contributed by atoms with Gasteiger partial charge in [-0.05, 0) is 25.1 Å². The van der Waals surface area contributed by atoms with Gasteiger partial charge < -0.3 is 10.6 Å². The van der Waals surface area contributed by atoms with Gasteiger partial charge in [0, 0.05) is 30.7 Å². The molecule has 0 aliphatic carbocycles. The maximum Gasteiger partial charge on any atom is 0.234 e. The van der Waals surface area contributed by atoms with E-state index >= 15 is 0 Å². The van der Waals surface area contributed by atoms with E-state index in [1.807, 2.05) is 25.1 Å². The number of nitrogens with two attached hydrogens (primary N) is 1. The molecule has 6 heteroatoms. The van der Waals surface area contributed by atoms with Crippen molar-refractivity contribution >= 4 is 27.5 Å². The summed E-state index contributed by atoms with van der Waals surface area (Å²) in [6.07, 6.45) is 0. The molecule has 20 heavy (non-hydrogen) atoms. The van der Waals surface area contributed by atoms with Crippen LogP contribution in [0.1, 0.15) is 12.5 Å². The van der Waals surface area contributed by atoms with Crippen molar-refractivity contribution in [1.29, 1.82) is 5.26 Å². The fraction of sp³-hybridized carbons (Fsp3) is 0.429. The van der Waals surface area contributed by atoms with Crippen molar-refractivity contribution in [3.05, 3.63) is 28.2 Å². The Morgan fingerprint density at radius 2 is 2.05 bits per heavy atom. The number of anilines is 1. The number of hydrogen-bond acceptors (Lipinski definition) is 4. The number of piperazine rings is 1. The van der Waals surface area contributed by atoms with E-state index in [0.29, 0.717) is 5.56 Å². The molecule has 0 radical (unpaired) electrons. The van der Waals surface area contributed by atoms with E-state index in [9.17, 15) is 10.1 Å². The second-order valence-electron chi connectivity index (χ2n) is 4.87. The number of benzene rings is 1. The van der Waals surface area contributed by atoms with Crippen molar-refractivity contribution in [2.75, 3.05) is 31.1 Å². The number of nitriles is 1. The summed E-state index contributed by atoms with van der Waals surface area (Å²) in [5.74, 6) is -0.292. The second kappa shape index (κ2) is 6.25. The number of amides is 1. The van der Waals surface area contributed by atoms with Crippen LogP contribution in [0.4, 0.5) is 5.69 Å². The molecule has 1 fully saturated rings. The first kappa shape index (κ1) is 14.8. The quantitative estimate of drug-likeness (QED) is 0.903. The van der Waals surface area contributed by atoms with Crippen LogP contribution in [0, 0.1) is 11.3 Å². The summed E-state index contributed by atoms with van der Waals surface area (Å²) in [6.45, 7) is 4.94. The number of halogens is 1. The molecule has 1 atom stereocenters. The lowest BCUT2D eigenvalue weighted by molar-refractivity contribution is -0.122. The van der Waals surface area contributed by atoms with Gasteiger partial charge in [-0.25, -0.2) is 0 Å². The van der Waals surface area contributed by atoms with E-state index in [2.05, 4.69) is 31.8 Å². The summed E-state index contributed by atoms with van der Waals surface area (Å²) in [4.78, 5) is 15.5. The van der Waals surface area contributed by atoms with E-state index in [-0.39, 0.29) is 11.9 Å². The van der Waals surface area contributed by atoms with Crippen LogP contribution in [0.25, 0.3) is 0 Å². The Hall–Kier alpha value is -1.58. The van der Waals surface area contributed by atoms with Crippen LogP contribution >= 0.6 is 15.9 Å². The number of carbonyl (C=O) groups excluding carboxylic acids is 1. The van der Waals surface area contributed by atoms with Gasteiger partial charge in [0.25, 0.3) is 0 Å². The van der Waals surface area contributed by atoms with Crippen LogP contribution < -0.4 is 10.6 Å².